The molecular weight excluding hydrogens is 386 g/mol. The van der Waals surface area contributed by atoms with Crippen LogP contribution in [0, 0.1) is 10.1 Å². The van der Waals surface area contributed by atoms with Gasteiger partial charge in [0.05, 0.1) is 23.1 Å². The van der Waals surface area contributed by atoms with Gasteiger partial charge >= 0.3 is 0 Å². The van der Waals surface area contributed by atoms with Gasteiger partial charge in [-0.1, -0.05) is 0 Å². The van der Waals surface area contributed by atoms with E-state index in [9.17, 15) is 14.9 Å². The maximum atomic E-state index is 12.3. The first-order chi connectivity index (χ1) is 13.5. The maximum Gasteiger partial charge on any atom is 0.281 e. The van der Waals surface area contributed by atoms with Crippen LogP contribution < -0.4 is 19.6 Å². The van der Waals surface area contributed by atoms with Gasteiger partial charge in [-0.2, -0.15) is 5.10 Å². The van der Waals surface area contributed by atoms with Gasteiger partial charge in [0.15, 0.2) is 11.5 Å². The molecule has 3 aromatic rings. The maximum absolute atomic E-state index is 12.3. The highest BCUT2D eigenvalue weighted by molar-refractivity contribution is 7.20. The predicted molar refractivity (Wildman–Crippen MR) is 103 cm³/mol. The van der Waals surface area contributed by atoms with Gasteiger partial charge < -0.3 is 14.2 Å². The number of nitrogens with zero attached hydrogens (tertiary/aromatic N) is 2. The van der Waals surface area contributed by atoms with Gasteiger partial charge in [0, 0.05) is 27.8 Å². The second-order valence-electron chi connectivity index (χ2n) is 5.75. The minimum absolute atomic E-state index is 0.0213. The van der Waals surface area contributed by atoms with Crippen molar-refractivity contribution < 1.29 is 23.9 Å². The van der Waals surface area contributed by atoms with Gasteiger partial charge in [0.1, 0.15) is 0 Å². The number of hydrazone groups is 1. The zero-order valence-corrected chi connectivity index (χ0v) is 15.3. The Bertz CT molecular complexity index is 1120. The normalized spacial score (nSPS) is 12.5. The SMILES string of the molecule is COc1cc(C=NNC(=O)c2cc3cc([N+](=O)[O-])ccc3s2)cc2c1OCO2. The zero-order chi connectivity index (χ0) is 19.7. The number of benzene rings is 2. The molecule has 0 aliphatic carbocycles. The smallest absolute Gasteiger partial charge is 0.281 e. The molecule has 0 unspecified atom stereocenters. The number of methoxy groups -OCH3 is 1. The summed E-state index contributed by atoms with van der Waals surface area (Å²) in [6.07, 6.45) is 1.46. The summed E-state index contributed by atoms with van der Waals surface area (Å²) in [6, 6.07) is 9.50. The van der Waals surface area contributed by atoms with E-state index in [2.05, 4.69) is 10.5 Å². The minimum Gasteiger partial charge on any atom is -0.493 e. The van der Waals surface area contributed by atoms with Crippen molar-refractivity contribution in [1.82, 2.24) is 5.43 Å². The van der Waals surface area contributed by atoms with Crippen LogP contribution in [0.3, 0.4) is 0 Å². The molecule has 0 atom stereocenters. The van der Waals surface area contributed by atoms with Crippen LogP contribution in [0.25, 0.3) is 10.1 Å². The number of carbonyl (C=O) groups is 1. The van der Waals surface area contributed by atoms with Crippen molar-refractivity contribution in [2.24, 2.45) is 5.10 Å². The van der Waals surface area contributed by atoms with Crippen LogP contribution in [-0.2, 0) is 0 Å². The van der Waals surface area contributed by atoms with Crippen LogP contribution in [0.15, 0.2) is 41.5 Å². The molecule has 2 heterocycles. The van der Waals surface area contributed by atoms with Crippen LogP contribution in [0.2, 0.25) is 0 Å². The minimum atomic E-state index is -0.471. The van der Waals surface area contributed by atoms with Crippen molar-refractivity contribution in [3.8, 4) is 17.2 Å². The molecule has 0 saturated heterocycles. The van der Waals surface area contributed by atoms with Crippen molar-refractivity contribution >= 4 is 39.2 Å². The topological polar surface area (TPSA) is 112 Å². The molecule has 4 rings (SSSR count). The van der Waals surface area contributed by atoms with Gasteiger partial charge in [-0.3, -0.25) is 14.9 Å². The number of nitrogens with one attached hydrogen (secondary N) is 1. The van der Waals surface area contributed by atoms with E-state index in [1.807, 2.05) is 0 Å². The largest absolute Gasteiger partial charge is 0.493 e. The first kappa shape index (κ1) is 17.7. The van der Waals surface area contributed by atoms with Crippen molar-refractivity contribution in [3.05, 3.63) is 57.0 Å². The van der Waals surface area contributed by atoms with Gasteiger partial charge in [-0.25, -0.2) is 5.43 Å². The Labute approximate surface area is 162 Å². The van der Waals surface area contributed by atoms with E-state index in [1.54, 1.807) is 24.3 Å². The molecule has 142 valence electrons. The molecule has 0 radical (unpaired) electrons. The fourth-order valence-corrected chi connectivity index (χ4v) is 3.63. The number of fused-ring (bicyclic) bond motifs is 2. The second-order valence-corrected chi connectivity index (χ2v) is 6.83. The van der Waals surface area contributed by atoms with E-state index >= 15 is 0 Å². The van der Waals surface area contributed by atoms with Crippen molar-refractivity contribution in [2.45, 2.75) is 0 Å². The Hall–Kier alpha value is -3.66. The zero-order valence-electron chi connectivity index (χ0n) is 14.5. The molecular formula is C18H13N3O6S. The number of amides is 1. The number of rotatable bonds is 5. The third kappa shape index (κ3) is 3.32. The van der Waals surface area contributed by atoms with Crippen LogP contribution >= 0.6 is 11.3 Å². The molecule has 1 amide bonds. The van der Waals surface area contributed by atoms with E-state index in [0.29, 0.717) is 33.1 Å². The molecule has 0 spiro atoms. The number of thiophene rings is 1. The Morgan fingerprint density at radius 3 is 2.96 bits per heavy atom. The molecule has 0 bridgehead atoms. The Morgan fingerprint density at radius 1 is 1.32 bits per heavy atom. The fourth-order valence-electron chi connectivity index (χ4n) is 2.70. The molecule has 28 heavy (non-hydrogen) atoms. The summed E-state index contributed by atoms with van der Waals surface area (Å²) in [5, 5.41) is 15.5. The fraction of sp³-hybridized carbons (Fsp3) is 0.111. The lowest BCUT2D eigenvalue weighted by molar-refractivity contribution is -0.384. The predicted octanol–water partition coefficient (Wildman–Crippen LogP) is 3.31. The van der Waals surface area contributed by atoms with Gasteiger partial charge in [0.2, 0.25) is 12.5 Å². The number of hydrogen-bond acceptors (Lipinski definition) is 8. The summed E-state index contributed by atoms with van der Waals surface area (Å²) in [5.41, 5.74) is 3.08. The number of non-ortho nitro benzene ring substituents is 1. The van der Waals surface area contributed by atoms with E-state index in [0.717, 1.165) is 4.70 Å². The number of nitro groups is 1. The lowest BCUT2D eigenvalue weighted by Gasteiger charge is -2.05. The van der Waals surface area contributed by atoms with Crippen LogP contribution in [0.5, 0.6) is 17.2 Å². The Kier molecular flexibility index (Phi) is 4.53. The van der Waals surface area contributed by atoms with Crippen molar-refractivity contribution in [2.75, 3.05) is 13.9 Å². The molecule has 2 aromatic carbocycles. The van der Waals surface area contributed by atoms with Crippen molar-refractivity contribution in [1.29, 1.82) is 0 Å². The lowest BCUT2D eigenvalue weighted by Crippen LogP contribution is -2.16. The van der Waals surface area contributed by atoms with Crippen LogP contribution in [-0.4, -0.2) is 30.9 Å². The first-order valence-electron chi connectivity index (χ1n) is 8.04. The summed E-state index contributed by atoms with van der Waals surface area (Å²) in [4.78, 5) is 23.1. The lowest BCUT2D eigenvalue weighted by atomic mass is 10.2. The second kappa shape index (κ2) is 7.16. The number of hydrogen-bond donors (Lipinski definition) is 1. The molecule has 0 fully saturated rings. The summed E-state index contributed by atoms with van der Waals surface area (Å²) in [7, 11) is 1.52. The average Bonchev–Trinajstić information content (AvgIpc) is 3.33. The number of carbonyl (C=O) groups excluding carboxylic acids is 1. The molecule has 1 aliphatic rings. The third-order valence-electron chi connectivity index (χ3n) is 3.99. The number of nitro benzene ring substituents is 1. The van der Waals surface area contributed by atoms with Gasteiger partial charge in [0.25, 0.3) is 11.6 Å². The number of ether oxygens (including phenoxy) is 3. The summed E-state index contributed by atoms with van der Waals surface area (Å²) in [6.45, 7) is 0.118. The molecule has 1 N–H and O–H groups in total. The third-order valence-corrected chi connectivity index (χ3v) is 5.11. The van der Waals surface area contributed by atoms with E-state index < -0.39 is 10.8 Å². The Morgan fingerprint density at radius 2 is 2.18 bits per heavy atom. The van der Waals surface area contributed by atoms with Crippen LogP contribution in [0.4, 0.5) is 5.69 Å². The van der Waals surface area contributed by atoms with Crippen LogP contribution in [0.1, 0.15) is 15.2 Å². The van der Waals surface area contributed by atoms with E-state index in [1.165, 1.54) is 36.8 Å². The molecule has 1 aromatic heterocycles. The highest BCUT2D eigenvalue weighted by atomic mass is 32.1. The standard InChI is InChI=1S/C18H13N3O6S/c1-25-13-4-10(5-14-17(13)27-9-26-14)8-19-20-18(22)16-7-11-6-12(21(23)24)2-3-15(11)28-16/h2-8H,9H2,1H3,(H,20,22). The highest BCUT2D eigenvalue weighted by Crippen LogP contribution is 2.41. The summed E-state index contributed by atoms with van der Waals surface area (Å²) >= 11 is 1.23. The quantitative estimate of drug-likeness (QED) is 0.400. The molecule has 9 nitrogen and oxygen atoms in total. The summed E-state index contributed by atoms with van der Waals surface area (Å²) in [5.74, 6) is 1.17. The molecule has 0 saturated carbocycles. The average molecular weight is 399 g/mol. The van der Waals surface area contributed by atoms with E-state index in [4.69, 9.17) is 14.2 Å². The van der Waals surface area contributed by atoms with Crippen molar-refractivity contribution in [3.63, 3.8) is 0 Å². The monoisotopic (exact) mass is 399 g/mol. The summed E-state index contributed by atoms with van der Waals surface area (Å²) < 4.78 is 16.7. The molecule has 1 aliphatic heterocycles. The van der Waals surface area contributed by atoms with E-state index in [-0.39, 0.29) is 12.5 Å². The van der Waals surface area contributed by atoms with Gasteiger partial charge in [-0.05, 0) is 24.3 Å². The highest BCUT2D eigenvalue weighted by Gasteiger charge is 2.19. The molecule has 10 heteroatoms. The van der Waals surface area contributed by atoms with Gasteiger partial charge in [-0.15, -0.1) is 11.3 Å². The Balaban J connectivity index is 1.50. The first-order valence-corrected chi connectivity index (χ1v) is 8.86.